The largest absolute Gasteiger partial charge is 0.301 e. The van der Waals surface area contributed by atoms with Crippen LogP contribution < -0.4 is 0 Å². The van der Waals surface area contributed by atoms with Crippen LogP contribution in [-0.2, 0) is 4.79 Å². The van der Waals surface area contributed by atoms with E-state index in [4.69, 9.17) is 0 Å². The topological polar surface area (TPSA) is 17.1 Å². The zero-order chi connectivity index (χ0) is 7.45. The molecule has 1 saturated heterocycles. The van der Waals surface area contributed by atoms with Gasteiger partial charge in [0.25, 0.3) is 0 Å². The predicted molar refractivity (Wildman–Crippen MR) is 48.6 cm³/mol. The van der Waals surface area contributed by atoms with Crippen molar-refractivity contribution in [2.24, 2.45) is 0 Å². The van der Waals surface area contributed by atoms with E-state index in [1.165, 1.54) is 6.42 Å². The van der Waals surface area contributed by atoms with E-state index in [1.54, 1.807) is 23.5 Å². The molecule has 3 heteroatoms. The molecule has 0 aromatic carbocycles. The number of hydrogen-bond donors (Lipinski definition) is 0. The Labute approximate surface area is 70.3 Å². The smallest absolute Gasteiger partial charge is 0.146 e. The average molecular weight is 176 g/mol. The molecule has 10 heavy (non-hydrogen) atoms. The standard InChI is InChI=1S/C7H12OS2/c1-2-7(6-8)9-4-3-5-10-7/h6H,2-5H2,1H3. The maximum absolute atomic E-state index is 10.7. The third kappa shape index (κ3) is 1.70. The maximum atomic E-state index is 10.7. The second kappa shape index (κ2) is 3.67. The molecule has 58 valence electrons. The zero-order valence-electron chi connectivity index (χ0n) is 6.13. The van der Waals surface area contributed by atoms with Crippen molar-refractivity contribution in [3.8, 4) is 0 Å². The van der Waals surface area contributed by atoms with Gasteiger partial charge in [-0.05, 0) is 24.3 Å². The quantitative estimate of drug-likeness (QED) is 0.600. The number of aldehydes is 1. The van der Waals surface area contributed by atoms with Gasteiger partial charge in [-0.15, -0.1) is 23.5 Å². The summed E-state index contributed by atoms with van der Waals surface area (Å²) in [6, 6.07) is 0. The first-order chi connectivity index (χ1) is 4.83. The number of carbonyl (C=O) groups excluding carboxylic acids is 1. The molecule has 0 radical (unpaired) electrons. The molecular weight excluding hydrogens is 164 g/mol. The Hall–Kier alpha value is 0.370. The first kappa shape index (κ1) is 8.47. The molecule has 0 amide bonds. The molecule has 0 saturated carbocycles. The minimum absolute atomic E-state index is 0.0851. The molecule has 0 spiro atoms. The summed E-state index contributed by atoms with van der Waals surface area (Å²) in [5, 5.41) is 0. The number of hydrogen-bond acceptors (Lipinski definition) is 3. The van der Waals surface area contributed by atoms with Gasteiger partial charge in [0, 0.05) is 0 Å². The van der Waals surface area contributed by atoms with Crippen LogP contribution in [0.4, 0.5) is 0 Å². The summed E-state index contributed by atoms with van der Waals surface area (Å²) < 4.78 is -0.0851. The highest BCUT2D eigenvalue weighted by Gasteiger charge is 2.30. The van der Waals surface area contributed by atoms with Crippen LogP contribution in [0.1, 0.15) is 19.8 Å². The van der Waals surface area contributed by atoms with Crippen LogP contribution in [0.25, 0.3) is 0 Å². The maximum Gasteiger partial charge on any atom is 0.146 e. The molecule has 1 aliphatic heterocycles. The lowest BCUT2D eigenvalue weighted by atomic mass is 10.3. The van der Waals surface area contributed by atoms with Gasteiger partial charge in [0.1, 0.15) is 10.4 Å². The van der Waals surface area contributed by atoms with E-state index in [0.717, 1.165) is 24.2 Å². The van der Waals surface area contributed by atoms with Gasteiger partial charge in [-0.2, -0.15) is 0 Å². The van der Waals surface area contributed by atoms with E-state index in [0.29, 0.717) is 0 Å². The molecule has 1 heterocycles. The van der Waals surface area contributed by atoms with Crippen molar-refractivity contribution >= 4 is 29.8 Å². The zero-order valence-corrected chi connectivity index (χ0v) is 7.76. The molecule has 0 aromatic rings. The van der Waals surface area contributed by atoms with Gasteiger partial charge in [-0.1, -0.05) is 6.92 Å². The summed E-state index contributed by atoms with van der Waals surface area (Å²) in [6.45, 7) is 2.08. The fourth-order valence-corrected chi connectivity index (χ4v) is 3.77. The summed E-state index contributed by atoms with van der Waals surface area (Å²) in [7, 11) is 0. The summed E-state index contributed by atoms with van der Waals surface area (Å²) in [4.78, 5) is 10.7. The van der Waals surface area contributed by atoms with E-state index in [-0.39, 0.29) is 4.08 Å². The van der Waals surface area contributed by atoms with Crippen molar-refractivity contribution in [1.82, 2.24) is 0 Å². The van der Waals surface area contributed by atoms with Gasteiger partial charge in [-0.3, -0.25) is 0 Å². The van der Waals surface area contributed by atoms with Crippen molar-refractivity contribution in [1.29, 1.82) is 0 Å². The molecule has 1 rings (SSSR count). The number of rotatable bonds is 2. The summed E-state index contributed by atoms with van der Waals surface area (Å²) in [5.74, 6) is 2.30. The van der Waals surface area contributed by atoms with Crippen molar-refractivity contribution in [2.75, 3.05) is 11.5 Å². The van der Waals surface area contributed by atoms with Crippen LogP contribution in [0.15, 0.2) is 0 Å². The molecule has 0 bridgehead atoms. The highest BCUT2D eigenvalue weighted by molar-refractivity contribution is 8.19. The van der Waals surface area contributed by atoms with Gasteiger partial charge < -0.3 is 4.79 Å². The molecular formula is C7H12OS2. The van der Waals surface area contributed by atoms with E-state index < -0.39 is 0 Å². The van der Waals surface area contributed by atoms with Crippen molar-refractivity contribution in [3.63, 3.8) is 0 Å². The molecule has 0 N–H and O–H groups in total. The Morgan fingerprint density at radius 3 is 2.40 bits per heavy atom. The van der Waals surface area contributed by atoms with Crippen molar-refractivity contribution < 1.29 is 4.79 Å². The van der Waals surface area contributed by atoms with Crippen LogP contribution in [0.5, 0.6) is 0 Å². The number of carbonyl (C=O) groups is 1. The third-order valence-electron chi connectivity index (χ3n) is 1.65. The van der Waals surface area contributed by atoms with Crippen LogP contribution >= 0.6 is 23.5 Å². The Morgan fingerprint density at radius 2 is 2.10 bits per heavy atom. The Balaban J connectivity index is 2.52. The summed E-state index contributed by atoms with van der Waals surface area (Å²) in [5.41, 5.74) is 0. The van der Waals surface area contributed by atoms with Gasteiger partial charge in [-0.25, -0.2) is 0 Å². The van der Waals surface area contributed by atoms with Crippen LogP contribution in [-0.4, -0.2) is 21.9 Å². The van der Waals surface area contributed by atoms with Gasteiger partial charge >= 0.3 is 0 Å². The molecule has 0 unspecified atom stereocenters. The second-order valence-electron chi connectivity index (χ2n) is 2.33. The fraction of sp³-hybridized carbons (Fsp3) is 0.857. The van der Waals surface area contributed by atoms with E-state index in [9.17, 15) is 4.79 Å². The predicted octanol–water partition coefficient (Wildman–Crippen LogP) is 2.16. The highest BCUT2D eigenvalue weighted by Crippen LogP contribution is 2.42. The second-order valence-corrected chi connectivity index (χ2v) is 5.44. The van der Waals surface area contributed by atoms with Crippen molar-refractivity contribution in [3.05, 3.63) is 0 Å². The first-order valence-corrected chi connectivity index (χ1v) is 5.54. The molecule has 0 aromatic heterocycles. The number of thioether (sulfide) groups is 2. The Kier molecular flexibility index (Phi) is 3.11. The Bertz CT molecular complexity index is 119. The fourth-order valence-electron chi connectivity index (χ4n) is 0.946. The van der Waals surface area contributed by atoms with E-state index in [2.05, 4.69) is 6.92 Å². The first-order valence-electron chi connectivity index (χ1n) is 3.57. The SMILES string of the molecule is CCC1(C=O)SCCCS1. The molecule has 1 fully saturated rings. The minimum Gasteiger partial charge on any atom is -0.301 e. The van der Waals surface area contributed by atoms with Gasteiger partial charge in [0.05, 0.1) is 0 Å². The Morgan fingerprint density at radius 1 is 1.50 bits per heavy atom. The summed E-state index contributed by atoms with van der Waals surface area (Å²) in [6.07, 6.45) is 3.33. The van der Waals surface area contributed by atoms with Crippen LogP contribution in [0.3, 0.4) is 0 Å². The minimum atomic E-state index is -0.0851. The molecule has 1 aliphatic rings. The van der Waals surface area contributed by atoms with Gasteiger partial charge in [0.15, 0.2) is 0 Å². The van der Waals surface area contributed by atoms with Crippen molar-refractivity contribution in [2.45, 2.75) is 23.8 Å². The summed E-state index contributed by atoms with van der Waals surface area (Å²) >= 11 is 3.61. The van der Waals surface area contributed by atoms with Crippen LogP contribution in [0.2, 0.25) is 0 Å². The highest BCUT2D eigenvalue weighted by atomic mass is 32.2. The lowest BCUT2D eigenvalue weighted by Crippen LogP contribution is -2.25. The third-order valence-corrected chi connectivity index (χ3v) is 5.09. The monoisotopic (exact) mass is 176 g/mol. The van der Waals surface area contributed by atoms with E-state index in [1.807, 2.05) is 0 Å². The lowest BCUT2D eigenvalue weighted by Gasteiger charge is -2.29. The molecule has 1 nitrogen and oxygen atoms in total. The van der Waals surface area contributed by atoms with E-state index >= 15 is 0 Å². The average Bonchev–Trinajstić information content (AvgIpc) is 2.06. The normalized spacial score (nSPS) is 24.1. The van der Waals surface area contributed by atoms with Crippen LogP contribution in [0, 0.1) is 0 Å². The van der Waals surface area contributed by atoms with Gasteiger partial charge in [0.2, 0.25) is 0 Å². The molecule has 0 aliphatic carbocycles. The molecule has 0 atom stereocenters. The lowest BCUT2D eigenvalue weighted by molar-refractivity contribution is -0.108.